The molecule has 0 aliphatic carbocycles. The zero-order valence-corrected chi connectivity index (χ0v) is 18.6. The van der Waals surface area contributed by atoms with Crippen molar-refractivity contribution in [3.05, 3.63) is 42.0 Å². The molecule has 0 aliphatic rings. The summed E-state index contributed by atoms with van der Waals surface area (Å²) in [6, 6.07) is 6.22. The van der Waals surface area contributed by atoms with E-state index in [0.29, 0.717) is 0 Å². The summed E-state index contributed by atoms with van der Waals surface area (Å²) in [5.41, 5.74) is 0.880. The number of carbonyl (C=O) groups excluding carboxylic acids is 1. The van der Waals surface area contributed by atoms with Crippen LogP contribution in [-0.2, 0) is 9.59 Å². The Balaban J connectivity index is 2.16. The summed E-state index contributed by atoms with van der Waals surface area (Å²) in [6.45, 7) is 3.02. The van der Waals surface area contributed by atoms with Crippen molar-refractivity contribution >= 4 is 23.4 Å². The Bertz CT molecular complexity index is 682. The molecule has 0 saturated heterocycles. The van der Waals surface area contributed by atoms with Gasteiger partial charge in [0.15, 0.2) is 5.78 Å². The van der Waals surface area contributed by atoms with E-state index in [1.165, 1.54) is 63.5 Å². The average Bonchev–Trinajstić information content (AvgIpc) is 2.74. The summed E-state index contributed by atoms with van der Waals surface area (Å²) in [5.74, 6) is -6.31. The summed E-state index contributed by atoms with van der Waals surface area (Å²) in [4.78, 5) is 34.0. The molecule has 1 aromatic carbocycles. The number of ketones is 1. The Morgan fingerprint density at radius 2 is 1.32 bits per heavy atom. The maximum absolute atomic E-state index is 12.0. The second-order valence-corrected chi connectivity index (χ2v) is 7.86. The lowest BCUT2D eigenvalue weighted by atomic mass is 9.97. The fourth-order valence-corrected chi connectivity index (χ4v) is 3.33. The van der Waals surface area contributed by atoms with Crippen molar-refractivity contribution in [3.63, 3.8) is 0 Å². The number of hydrogen-bond acceptors (Lipinski definition) is 4. The minimum absolute atomic E-state index is 0.0734. The standard InChI is InChI=1S/C25H37NO5/c1-2-3-4-5-6-7-8-9-10-11-12-13-14-19-26-21-17-15-20(16-18-21)23(27)22(24(28)29)25(30)31/h11-12,15-18,22,26H,2-10,13-14,19H2,1H3,(H,28,29)(H,30,31). The fourth-order valence-electron chi connectivity index (χ4n) is 3.33. The van der Waals surface area contributed by atoms with E-state index in [0.717, 1.165) is 31.5 Å². The van der Waals surface area contributed by atoms with Crippen molar-refractivity contribution in [1.82, 2.24) is 0 Å². The van der Waals surface area contributed by atoms with Gasteiger partial charge < -0.3 is 15.5 Å². The van der Waals surface area contributed by atoms with Crippen LogP contribution in [0, 0.1) is 5.92 Å². The molecule has 0 aliphatic heterocycles. The summed E-state index contributed by atoms with van der Waals surface area (Å²) in [7, 11) is 0. The molecule has 1 aromatic rings. The van der Waals surface area contributed by atoms with Crippen LogP contribution < -0.4 is 5.32 Å². The smallest absolute Gasteiger partial charge is 0.325 e. The molecule has 6 nitrogen and oxygen atoms in total. The first-order valence-electron chi connectivity index (χ1n) is 11.5. The zero-order chi connectivity index (χ0) is 22.9. The zero-order valence-electron chi connectivity index (χ0n) is 18.6. The molecule has 0 aromatic heterocycles. The predicted octanol–water partition coefficient (Wildman–Crippen LogP) is 5.93. The molecule has 31 heavy (non-hydrogen) atoms. The summed E-state index contributed by atoms with van der Waals surface area (Å²) in [6.07, 6.45) is 18.3. The third-order valence-electron chi connectivity index (χ3n) is 5.19. The minimum Gasteiger partial charge on any atom is -0.480 e. The Labute approximate surface area is 185 Å². The van der Waals surface area contributed by atoms with Crippen molar-refractivity contribution in [3.8, 4) is 0 Å². The molecule has 0 unspecified atom stereocenters. The third-order valence-corrected chi connectivity index (χ3v) is 5.19. The maximum Gasteiger partial charge on any atom is 0.325 e. The Morgan fingerprint density at radius 1 is 0.806 bits per heavy atom. The molecule has 0 amide bonds. The molecule has 0 radical (unpaired) electrons. The Kier molecular flexibility index (Phi) is 13.7. The molecule has 0 fully saturated rings. The summed E-state index contributed by atoms with van der Waals surface area (Å²) in [5, 5.41) is 21.1. The van der Waals surface area contributed by atoms with Gasteiger partial charge in [0, 0.05) is 17.8 Å². The summed E-state index contributed by atoms with van der Waals surface area (Å²) >= 11 is 0. The highest BCUT2D eigenvalue weighted by Crippen LogP contribution is 2.15. The van der Waals surface area contributed by atoms with Crippen LogP contribution in [0.25, 0.3) is 0 Å². The van der Waals surface area contributed by atoms with Gasteiger partial charge in [-0.15, -0.1) is 0 Å². The number of allylic oxidation sites excluding steroid dienone is 2. The van der Waals surface area contributed by atoms with E-state index in [-0.39, 0.29) is 5.56 Å². The van der Waals surface area contributed by atoms with Gasteiger partial charge in [-0.05, 0) is 49.9 Å². The number of aliphatic carboxylic acids is 2. The molecule has 0 saturated carbocycles. The van der Waals surface area contributed by atoms with E-state index in [4.69, 9.17) is 10.2 Å². The van der Waals surface area contributed by atoms with E-state index >= 15 is 0 Å². The Morgan fingerprint density at radius 3 is 1.87 bits per heavy atom. The van der Waals surface area contributed by atoms with Crippen LogP contribution in [-0.4, -0.2) is 34.5 Å². The highest BCUT2D eigenvalue weighted by Gasteiger charge is 2.34. The van der Waals surface area contributed by atoms with E-state index in [2.05, 4.69) is 24.4 Å². The first-order valence-corrected chi connectivity index (χ1v) is 11.5. The molecular weight excluding hydrogens is 394 g/mol. The van der Waals surface area contributed by atoms with Crippen molar-refractivity contribution in [2.45, 2.75) is 77.6 Å². The number of hydrogen-bond donors (Lipinski definition) is 3. The van der Waals surface area contributed by atoms with Gasteiger partial charge in [-0.25, -0.2) is 0 Å². The SMILES string of the molecule is CCCCCCCCCCC=CCCCNc1ccc(C(=O)C(C(=O)O)C(=O)O)cc1. The highest BCUT2D eigenvalue weighted by molar-refractivity contribution is 6.20. The van der Waals surface area contributed by atoms with Crippen molar-refractivity contribution in [1.29, 1.82) is 0 Å². The number of anilines is 1. The second kappa shape index (κ2) is 16.1. The van der Waals surface area contributed by atoms with Crippen molar-refractivity contribution < 1.29 is 24.6 Å². The lowest BCUT2D eigenvalue weighted by Gasteiger charge is -2.09. The summed E-state index contributed by atoms with van der Waals surface area (Å²) < 4.78 is 0. The predicted molar refractivity (Wildman–Crippen MR) is 124 cm³/mol. The Hall–Kier alpha value is -2.63. The van der Waals surface area contributed by atoms with Crippen LogP contribution in [0.2, 0.25) is 0 Å². The number of carboxylic acids is 2. The number of carbonyl (C=O) groups is 3. The van der Waals surface area contributed by atoms with Crippen LogP contribution in [0.5, 0.6) is 0 Å². The quantitative estimate of drug-likeness (QED) is 0.115. The highest BCUT2D eigenvalue weighted by atomic mass is 16.4. The molecule has 0 atom stereocenters. The van der Waals surface area contributed by atoms with Gasteiger partial charge in [0.2, 0.25) is 5.92 Å². The average molecular weight is 432 g/mol. The largest absolute Gasteiger partial charge is 0.480 e. The normalized spacial score (nSPS) is 11.2. The number of Topliss-reactive ketones (excluding diaryl/α,β-unsaturated/α-hetero) is 1. The van der Waals surface area contributed by atoms with Crippen LogP contribution in [0.15, 0.2) is 36.4 Å². The molecule has 0 spiro atoms. The van der Waals surface area contributed by atoms with E-state index in [1.54, 1.807) is 12.1 Å². The second-order valence-electron chi connectivity index (χ2n) is 7.86. The molecule has 172 valence electrons. The van der Waals surface area contributed by atoms with Gasteiger partial charge in [-0.1, -0.05) is 64.0 Å². The van der Waals surface area contributed by atoms with E-state index in [9.17, 15) is 14.4 Å². The van der Waals surface area contributed by atoms with E-state index in [1.807, 2.05) is 0 Å². The van der Waals surface area contributed by atoms with Gasteiger partial charge in [0.1, 0.15) is 0 Å². The number of unbranched alkanes of at least 4 members (excludes halogenated alkanes) is 9. The number of benzene rings is 1. The first kappa shape index (κ1) is 26.4. The van der Waals surface area contributed by atoms with Crippen LogP contribution in [0.1, 0.15) is 87.9 Å². The van der Waals surface area contributed by atoms with Gasteiger partial charge in [0.05, 0.1) is 0 Å². The molecule has 1 rings (SSSR count). The molecule has 3 N–H and O–H groups in total. The molecule has 6 heteroatoms. The molecule has 0 bridgehead atoms. The van der Waals surface area contributed by atoms with Crippen LogP contribution in [0.4, 0.5) is 5.69 Å². The maximum atomic E-state index is 12.0. The number of nitrogens with one attached hydrogen (secondary N) is 1. The van der Waals surface area contributed by atoms with Crippen molar-refractivity contribution in [2.75, 3.05) is 11.9 Å². The number of rotatable bonds is 18. The number of carboxylic acid groups (broad SMARTS) is 2. The molecule has 0 heterocycles. The lowest BCUT2D eigenvalue weighted by Crippen LogP contribution is -2.31. The monoisotopic (exact) mass is 431 g/mol. The van der Waals surface area contributed by atoms with Gasteiger partial charge in [0.25, 0.3) is 0 Å². The van der Waals surface area contributed by atoms with Crippen LogP contribution >= 0.6 is 0 Å². The molecular formula is C25H37NO5. The van der Waals surface area contributed by atoms with Crippen molar-refractivity contribution in [2.24, 2.45) is 5.92 Å². The van der Waals surface area contributed by atoms with Gasteiger partial charge in [-0.2, -0.15) is 0 Å². The minimum atomic E-state index is -2.07. The van der Waals surface area contributed by atoms with Gasteiger partial charge in [-0.3, -0.25) is 14.4 Å². The fraction of sp³-hybridized carbons (Fsp3) is 0.560. The lowest BCUT2D eigenvalue weighted by molar-refractivity contribution is -0.151. The van der Waals surface area contributed by atoms with Crippen LogP contribution in [0.3, 0.4) is 0 Å². The third kappa shape index (κ3) is 11.4. The van der Waals surface area contributed by atoms with E-state index < -0.39 is 23.6 Å². The topological polar surface area (TPSA) is 104 Å². The first-order chi connectivity index (χ1) is 15.0. The van der Waals surface area contributed by atoms with Gasteiger partial charge >= 0.3 is 11.9 Å².